The lowest BCUT2D eigenvalue weighted by Gasteiger charge is -2.04. The highest BCUT2D eigenvalue weighted by atomic mass is 79.9. The Kier molecular flexibility index (Phi) is 3.79. The van der Waals surface area contributed by atoms with Crippen molar-refractivity contribution in [1.29, 1.82) is 0 Å². The van der Waals surface area contributed by atoms with Crippen molar-refractivity contribution in [3.8, 4) is 0 Å². The molecule has 0 saturated carbocycles. The smallest absolute Gasteiger partial charge is 0.333 e. The molecule has 9 heteroatoms. The van der Waals surface area contributed by atoms with Gasteiger partial charge in [0.05, 0.1) is 22.1 Å². The number of rotatable bonds is 3. The van der Waals surface area contributed by atoms with E-state index in [1.54, 1.807) is 6.20 Å². The molecular weight excluding hydrogens is 346 g/mol. The van der Waals surface area contributed by atoms with Gasteiger partial charge in [-0.3, -0.25) is 14.9 Å². The van der Waals surface area contributed by atoms with Crippen molar-refractivity contribution in [2.24, 2.45) is 0 Å². The molecule has 0 unspecified atom stereocenters. The topological polar surface area (TPSA) is 78.0 Å². The van der Waals surface area contributed by atoms with Crippen molar-refractivity contribution < 1.29 is 4.92 Å². The summed E-state index contributed by atoms with van der Waals surface area (Å²) in [6.07, 6.45) is 4.27. The predicted molar refractivity (Wildman–Crippen MR) is 71.3 cm³/mol. The zero-order valence-electron chi connectivity index (χ0n) is 8.67. The van der Waals surface area contributed by atoms with Crippen LogP contribution in [-0.4, -0.2) is 14.5 Å². The van der Waals surface area contributed by atoms with E-state index < -0.39 is 16.0 Å². The molecule has 2 aromatic heterocycles. The van der Waals surface area contributed by atoms with Gasteiger partial charge in [0.15, 0.2) is 4.47 Å². The largest absolute Gasteiger partial charge is 0.342 e. The normalized spacial score (nSPS) is 10.6. The summed E-state index contributed by atoms with van der Waals surface area (Å²) in [7, 11) is 0. The van der Waals surface area contributed by atoms with Gasteiger partial charge in [0.2, 0.25) is 0 Å². The number of halogens is 2. The Morgan fingerprint density at radius 3 is 2.83 bits per heavy atom. The lowest BCUT2D eigenvalue weighted by Crippen LogP contribution is -2.13. The maximum atomic E-state index is 11.5. The van der Waals surface area contributed by atoms with Crippen LogP contribution in [0.1, 0.15) is 4.88 Å². The summed E-state index contributed by atoms with van der Waals surface area (Å²) in [5, 5.41) is 10.7. The van der Waals surface area contributed by atoms with E-state index in [9.17, 15) is 14.9 Å². The molecule has 0 amide bonds. The first-order chi connectivity index (χ1) is 8.47. The van der Waals surface area contributed by atoms with E-state index in [0.29, 0.717) is 11.0 Å². The predicted octanol–water partition coefficient (Wildman–Crippen LogP) is 2.68. The number of nitro groups is 1. The summed E-state index contributed by atoms with van der Waals surface area (Å²) in [4.78, 5) is 26.2. The third-order valence-electron chi connectivity index (χ3n) is 2.08. The molecule has 0 aliphatic rings. The number of pyridine rings is 1. The van der Waals surface area contributed by atoms with Crippen LogP contribution in [0.25, 0.3) is 0 Å². The Labute approximate surface area is 118 Å². The highest BCUT2D eigenvalue weighted by Crippen LogP contribution is 2.20. The van der Waals surface area contributed by atoms with Gasteiger partial charge in [0.1, 0.15) is 0 Å². The third-order valence-corrected chi connectivity index (χ3v) is 3.74. The van der Waals surface area contributed by atoms with Gasteiger partial charge in [0, 0.05) is 17.3 Å². The van der Waals surface area contributed by atoms with Crippen molar-refractivity contribution >= 4 is 44.6 Å². The van der Waals surface area contributed by atoms with Crippen molar-refractivity contribution in [3.63, 3.8) is 0 Å². The van der Waals surface area contributed by atoms with E-state index in [1.807, 2.05) is 0 Å². The first-order valence-corrected chi connectivity index (χ1v) is 6.60. The van der Waals surface area contributed by atoms with E-state index in [1.165, 1.54) is 28.3 Å². The quantitative estimate of drug-likeness (QED) is 0.630. The van der Waals surface area contributed by atoms with Crippen LogP contribution >= 0.6 is 38.9 Å². The van der Waals surface area contributed by atoms with Gasteiger partial charge >= 0.3 is 5.69 Å². The molecule has 6 nitrogen and oxygen atoms in total. The second-order valence-corrected chi connectivity index (χ2v) is 5.88. The van der Waals surface area contributed by atoms with Gasteiger partial charge in [-0.15, -0.1) is 11.3 Å². The van der Waals surface area contributed by atoms with Crippen LogP contribution in [0, 0.1) is 10.1 Å². The van der Waals surface area contributed by atoms with Crippen LogP contribution in [0.5, 0.6) is 0 Å². The summed E-state index contributed by atoms with van der Waals surface area (Å²) in [6, 6.07) is 0. The van der Waals surface area contributed by atoms with Crippen LogP contribution in [0.2, 0.25) is 4.47 Å². The monoisotopic (exact) mass is 349 g/mol. The minimum absolute atomic E-state index is 0.146. The first kappa shape index (κ1) is 13.2. The summed E-state index contributed by atoms with van der Waals surface area (Å²) in [5.41, 5.74) is -1.11. The standard InChI is InChI=1S/C9H5BrClN3O3S/c10-6-3-13(2-5-1-12-9(11)18-5)4-7(8(6)15)14(16)17/h1,3-4H,2H2. The van der Waals surface area contributed by atoms with Crippen LogP contribution in [0.15, 0.2) is 27.9 Å². The molecule has 2 rings (SSSR count). The first-order valence-electron chi connectivity index (χ1n) is 4.61. The number of thiazole rings is 1. The summed E-state index contributed by atoms with van der Waals surface area (Å²) < 4.78 is 2.08. The maximum absolute atomic E-state index is 11.5. The molecule has 2 heterocycles. The van der Waals surface area contributed by atoms with Crippen molar-refractivity contribution in [1.82, 2.24) is 9.55 Å². The minimum Gasteiger partial charge on any atom is -0.342 e. The molecule has 0 fully saturated rings. The van der Waals surface area contributed by atoms with E-state index in [4.69, 9.17) is 11.6 Å². The van der Waals surface area contributed by atoms with Gasteiger partial charge in [-0.1, -0.05) is 11.6 Å². The second kappa shape index (κ2) is 5.17. The van der Waals surface area contributed by atoms with Crippen LogP contribution in [0.4, 0.5) is 5.69 Å². The molecule has 0 saturated heterocycles. The number of nitrogens with zero attached hydrogens (tertiary/aromatic N) is 3. The molecule has 0 atom stereocenters. The Balaban J connectivity index is 2.40. The van der Waals surface area contributed by atoms with Crippen molar-refractivity contribution in [3.05, 3.63) is 52.7 Å². The van der Waals surface area contributed by atoms with Crippen LogP contribution in [0.3, 0.4) is 0 Å². The highest BCUT2D eigenvalue weighted by molar-refractivity contribution is 9.10. The molecule has 0 aliphatic heterocycles. The fraction of sp³-hybridized carbons (Fsp3) is 0.111. The zero-order chi connectivity index (χ0) is 13.3. The van der Waals surface area contributed by atoms with Crippen LogP contribution in [-0.2, 0) is 6.54 Å². The fourth-order valence-electron chi connectivity index (χ4n) is 1.34. The van der Waals surface area contributed by atoms with E-state index in [2.05, 4.69) is 20.9 Å². The Hall–Kier alpha value is -1.25. The third kappa shape index (κ3) is 2.77. The average molecular weight is 351 g/mol. The van der Waals surface area contributed by atoms with Crippen molar-refractivity contribution in [2.75, 3.05) is 0 Å². The Morgan fingerprint density at radius 2 is 2.28 bits per heavy atom. The van der Waals surface area contributed by atoms with Crippen LogP contribution < -0.4 is 5.43 Å². The second-order valence-electron chi connectivity index (χ2n) is 3.33. The van der Waals surface area contributed by atoms with Gasteiger partial charge in [-0.2, -0.15) is 0 Å². The number of hydrogen-bond donors (Lipinski definition) is 0. The number of aromatic nitrogens is 2. The lowest BCUT2D eigenvalue weighted by atomic mass is 10.4. The summed E-state index contributed by atoms with van der Waals surface area (Å²) in [6.45, 7) is 0.365. The zero-order valence-corrected chi connectivity index (χ0v) is 11.8. The minimum atomic E-state index is -0.705. The maximum Gasteiger partial charge on any atom is 0.333 e. The molecular formula is C9H5BrClN3O3S. The molecule has 0 bridgehead atoms. The Morgan fingerprint density at radius 1 is 1.56 bits per heavy atom. The molecule has 94 valence electrons. The molecule has 0 aliphatic carbocycles. The van der Waals surface area contributed by atoms with Gasteiger partial charge < -0.3 is 4.57 Å². The molecule has 0 spiro atoms. The molecule has 2 aromatic rings. The van der Waals surface area contributed by atoms with E-state index in [0.717, 1.165) is 4.88 Å². The van der Waals surface area contributed by atoms with Gasteiger partial charge in [-0.05, 0) is 15.9 Å². The highest BCUT2D eigenvalue weighted by Gasteiger charge is 2.16. The summed E-state index contributed by atoms with van der Waals surface area (Å²) >= 11 is 9.98. The summed E-state index contributed by atoms with van der Waals surface area (Å²) in [5.74, 6) is 0. The van der Waals surface area contributed by atoms with Gasteiger partial charge in [0.25, 0.3) is 5.43 Å². The van der Waals surface area contributed by atoms with E-state index >= 15 is 0 Å². The molecule has 0 aromatic carbocycles. The van der Waals surface area contributed by atoms with Crippen molar-refractivity contribution in [2.45, 2.75) is 6.54 Å². The van der Waals surface area contributed by atoms with Gasteiger partial charge in [-0.25, -0.2) is 4.98 Å². The molecule has 0 radical (unpaired) electrons. The SMILES string of the molecule is O=c1c(Br)cn(Cc2cnc(Cl)s2)cc1[N+](=O)[O-]. The van der Waals surface area contributed by atoms with E-state index in [-0.39, 0.29) is 4.47 Å². The average Bonchev–Trinajstić information content (AvgIpc) is 2.68. The lowest BCUT2D eigenvalue weighted by molar-refractivity contribution is -0.386. The molecule has 0 N–H and O–H groups in total. The Bertz CT molecular complexity index is 669. The fourth-order valence-corrected chi connectivity index (χ4v) is 2.79. The molecule has 18 heavy (non-hydrogen) atoms. The number of hydrogen-bond acceptors (Lipinski definition) is 5.